The molecule has 0 saturated heterocycles. The number of carbonyl (C=O) groups is 1. The lowest BCUT2D eigenvalue weighted by Gasteiger charge is -2.03. The van der Waals surface area contributed by atoms with Crippen molar-refractivity contribution in [2.45, 2.75) is 17.7 Å². The van der Waals surface area contributed by atoms with E-state index in [1.54, 1.807) is 6.07 Å². The second-order valence-corrected chi connectivity index (χ2v) is 5.37. The molecule has 0 aliphatic heterocycles. The second kappa shape index (κ2) is 6.02. The van der Waals surface area contributed by atoms with Gasteiger partial charge < -0.3 is 5.11 Å². The average molecular weight is 291 g/mol. The Bertz CT molecular complexity index is 379. The van der Waals surface area contributed by atoms with Gasteiger partial charge in [-0.05, 0) is 34.5 Å². The van der Waals surface area contributed by atoms with Crippen molar-refractivity contribution in [2.75, 3.05) is 5.75 Å². The number of carboxylic acid groups (broad SMARTS) is 1. The fourth-order valence-corrected chi connectivity index (χ4v) is 3.06. The zero-order valence-electron chi connectivity index (χ0n) is 7.98. The molecule has 1 unspecified atom stereocenters. The van der Waals surface area contributed by atoms with E-state index < -0.39 is 16.8 Å². The first-order valence-electron chi connectivity index (χ1n) is 4.46. The Labute approximate surface area is 99.1 Å². The van der Waals surface area contributed by atoms with Gasteiger partial charge in [0.1, 0.15) is 0 Å². The number of hydrogen-bond acceptors (Lipinski definition) is 2. The highest BCUT2D eigenvalue weighted by molar-refractivity contribution is 9.10. The number of benzene rings is 1. The van der Waals surface area contributed by atoms with Gasteiger partial charge in [0.05, 0.1) is 15.7 Å². The lowest BCUT2D eigenvalue weighted by atomic mass is 10.3. The quantitative estimate of drug-likeness (QED) is 0.906. The van der Waals surface area contributed by atoms with Crippen molar-refractivity contribution in [3.63, 3.8) is 0 Å². The molecule has 0 spiro atoms. The summed E-state index contributed by atoms with van der Waals surface area (Å²) in [5.74, 6) is -0.464. The van der Waals surface area contributed by atoms with Crippen molar-refractivity contribution in [1.29, 1.82) is 0 Å². The molecule has 0 saturated carbocycles. The highest BCUT2D eigenvalue weighted by Crippen LogP contribution is 2.20. The average Bonchev–Trinajstić information content (AvgIpc) is 2.17. The molecule has 0 heterocycles. The van der Waals surface area contributed by atoms with Gasteiger partial charge in [-0.15, -0.1) is 0 Å². The number of rotatable bonds is 5. The Balaban J connectivity index is 2.54. The second-order valence-electron chi connectivity index (χ2n) is 2.98. The molecule has 82 valence electrons. The fraction of sp³-hybridized carbons (Fsp3) is 0.300. The molecule has 1 rings (SSSR count). The molecule has 0 aliphatic rings. The summed E-state index contributed by atoms with van der Waals surface area (Å²) in [6.45, 7) is 0. The van der Waals surface area contributed by atoms with Crippen molar-refractivity contribution in [1.82, 2.24) is 0 Å². The number of carboxylic acids is 1. The first-order chi connectivity index (χ1) is 7.11. The molecule has 0 bridgehead atoms. The fourth-order valence-electron chi connectivity index (χ4n) is 1.09. The minimum absolute atomic E-state index is 0.0657. The third-order valence-electron chi connectivity index (χ3n) is 1.80. The monoisotopic (exact) mass is 290 g/mol. The Morgan fingerprint density at radius 1 is 1.40 bits per heavy atom. The van der Waals surface area contributed by atoms with E-state index >= 15 is 0 Å². The van der Waals surface area contributed by atoms with Crippen LogP contribution in [0.1, 0.15) is 12.8 Å². The minimum atomic E-state index is -1.12. The third kappa shape index (κ3) is 4.13. The number of halogens is 1. The van der Waals surface area contributed by atoms with E-state index in [-0.39, 0.29) is 6.42 Å². The molecule has 3 nitrogen and oxygen atoms in total. The van der Waals surface area contributed by atoms with Crippen molar-refractivity contribution < 1.29 is 14.1 Å². The summed E-state index contributed by atoms with van der Waals surface area (Å²) >= 11 is 3.31. The van der Waals surface area contributed by atoms with Crippen molar-refractivity contribution in [2.24, 2.45) is 0 Å². The van der Waals surface area contributed by atoms with Crippen LogP contribution >= 0.6 is 15.9 Å². The third-order valence-corrected chi connectivity index (χ3v) is 4.26. The van der Waals surface area contributed by atoms with Crippen molar-refractivity contribution in [3.8, 4) is 0 Å². The maximum Gasteiger partial charge on any atom is 0.303 e. The maximum atomic E-state index is 11.7. The molecule has 5 heteroatoms. The molecule has 1 N–H and O–H groups in total. The Hall–Kier alpha value is -0.680. The molecule has 0 aliphatic carbocycles. The molecule has 1 aromatic carbocycles. The molecule has 0 aromatic heterocycles. The lowest BCUT2D eigenvalue weighted by molar-refractivity contribution is -0.137. The summed E-state index contributed by atoms with van der Waals surface area (Å²) in [7, 11) is -1.12. The van der Waals surface area contributed by atoms with E-state index in [1.807, 2.05) is 18.2 Å². The van der Waals surface area contributed by atoms with Gasteiger partial charge in [-0.2, -0.15) is 0 Å². The summed E-state index contributed by atoms with van der Waals surface area (Å²) < 4.78 is 12.5. The molecular weight excluding hydrogens is 280 g/mol. The zero-order valence-corrected chi connectivity index (χ0v) is 10.4. The normalized spacial score (nSPS) is 12.3. The minimum Gasteiger partial charge on any atom is -0.481 e. The number of hydrogen-bond donors (Lipinski definition) is 1. The van der Waals surface area contributed by atoms with E-state index in [1.165, 1.54) is 0 Å². The van der Waals surface area contributed by atoms with Gasteiger partial charge in [-0.25, -0.2) is 0 Å². The van der Waals surface area contributed by atoms with Crippen LogP contribution in [0.4, 0.5) is 0 Å². The van der Waals surface area contributed by atoms with Gasteiger partial charge in [0.2, 0.25) is 0 Å². The Morgan fingerprint density at radius 3 is 2.67 bits per heavy atom. The van der Waals surface area contributed by atoms with E-state index in [4.69, 9.17) is 5.11 Å². The summed E-state index contributed by atoms with van der Waals surface area (Å²) in [6.07, 6.45) is 0.499. The van der Waals surface area contributed by atoms with Gasteiger partial charge in [-0.3, -0.25) is 9.00 Å². The van der Waals surface area contributed by atoms with Crippen LogP contribution in [0.2, 0.25) is 0 Å². The molecule has 0 radical (unpaired) electrons. The molecule has 15 heavy (non-hydrogen) atoms. The van der Waals surface area contributed by atoms with Gasteiger partial charge in [0, 0.05) is 16.6 Å². The van der Waals surface area contributed by atoms with Gasteiger partial charge in [-0.1, -0.05) is 12.1 Å². The Kier molecular flexibility index (Phi) is 4.98. The number of aliphatic carboxylic acids is 1. The van der Waals surface area contributed by atoms with Crippen LogP contribution in [-0.4, -0.2) is 21.0 Å². The van der Waals surface area contributed by atoms with Gasteiger partial charge in [0.15, 0.2) is 0 Å². The van der Waals surface area contributed by atoms with Crippen LogP contribution < -0.4 is 0 Å². The highest BCUT2D eigenvalue weighted by atomic mass is 79.9. The SMILES string of the molecule is O=C(O)CCCS(=O)c1ccccc1Br. The highest BCUT2D eigenvalue weighted by Gasteiger charge is 2.08. The molecule has 0 amide bonds. The van der Waals surface area contributed by atoms with E-state index in [0.717, 1.165) is 9.37 Å². The van der Waals surface area contributed by atoms with Crippen LogP contribution in [-0.2, 0) is 15.6 Å². The van der Waals surface area contributed by atoms with E-state index in [2.05, 4.69) is 15.9 Å². The predicted molar refractivity (Wildman–Crippen MR) is 62.3 cm³/mol. The van der Waals surface area contributed by atoms with Crippen LogP contribution in [0, 0.1) is 0 Å². The van der Waals surface area contributed by atoms with E-state index in [0.29, 0.717) is 12.2 Å². The first kappa shape index (κ1) is 12.4. The topological polar surface area (TPSA) is 54.4 Å². The summed E-state index contributed by atoms with van der Waals surface area (Å²) in [5.41, 5.74) is 0. The smallest absolute Gasteiger partial charge is 0.303 e. The van der Waals surface area contributed by atoms with E-state index in [9.17, 15) is 9.00 Å². The van der Waals surface area contributed by atoms with Crippen LogP contribution in [0.25, 0.3) is 0 Å². The molecule has 1 atom stereocenters. The summed E-state index contributed by atoms with van der Waals surface area (Å²) in [4.78, 5) is 11.0. The van der Waals surface area contributed by atoms with Gasteiger partial charge in [0.25, 0.3) is 0 Å². The molecule has 1 aromatic rings. The molecule has 0 fully saturated rings. The summed E-state index contributed by atoms with van der Waals surface area (Å²) in [6, 6.07) is 7.27. The summed E-state index contributed by atoms with van der Waals surface area (Å²) in [5, 5.41) is 8.44. The first-order valence-corrected chi connectivity index (χ1v) is 6.57. The van der Waals surface area contributed by atoms with Crippen LogP contribution in [0.3, 0.4) is 0 Å². The van der Waals surface area contributed by atoms with Crippen molar-refractivity contribution in [3.05, 3.63) is 28.7 Å². The van der Waals surface area contributed by atoms with Crippen LogP contribution in [0.15, 0.2) is 33.6 Å². The zero-order chi connectivity index (χ0) is 11.3. The van der Waals surface area contributed by atoms with Crippen molar-refractivity contribution >= 4 is 32.7 Å². The predicted octanol–water partition coefficient (Wildman–Crippen LogP) is 2.42. The van der Waals surface area contributed by atoms with Gasteiger partial charge >= 0.3 is 5.97 Å². The van der Waals surface area contributed by atoms with Crippen LogP contribution in [0.5, 0.6) is 0 Å². The Morgan fingerprint density at radius 2 is 2.07 bits per heavy atom. The lowest BCUT2D eigenvalue weighted by Crippen LogP contribution is -2.02. The standard InChI is InChI=1S/C10H11BrO3S/c11-8-4-1-2-5-9(8)15(14)7-3-6-10(12)13/h1-2,4-5H,3,6-7H2,(H,12,13). The largest absolute Gasteiger partial charge is 0.481 e. The maximum absolute atomic E-state index is 11.7. The molecular formula is C10H11BrO3S.